The summed E-state index contributed by atoms with van der Waals surface area (Å²) in [6.45, 7) is 9.61. The van der Waals surface area contributed by atoms with Crippen LogP contribution in [0.4, 0.5) is 26.4 Å². The van der Waals surface area contributed by atoms with Crippen molar-refractivity contribution in [2.75, 3.05) is 54.0 Å². The fourth-order valence-electron chi connectivity index (χ4n) is 5.23. The molecule has 2 N–H and O–H groups in total. The zero-order valence-electron chi connectivity index (χ0n) is 20.3. The molecular formula is C26H36FN5O2. The van der Waals surface area contributed by atoms with E-state index >= 15 is 0 Å². The zero-order valence-corrected chi connectivity index (χ0v) is 20.3. The van der Waals surface area contributed by atoms with E-state index in [2.05, 4.69) is 45.7 Å². The third-order valence-corrected chi connectivity index (χ3v) is 6.91. The molecule has 1 aliphatic carbocycles. The largest absolute Gasteiger partial charge is 0.445 e. The maximum Gasteiger partial charge on any atom is 0.404 e. The molecule has 1 amide bonds. The molecule has 184 valence electrons. The average Bonchev–Trinajstić information content (AvgIpc) is 2.82. The smallest absolute Gasteiger partial charge is 0.404 e. The van der Waals surface area contributed by atoms with E-state index in [1.54, 1.807) is 0 Å². The predicted octanol–water partition coefficient (Wildman–Crippen LogP) is 4.41. The molecule has 2 aliphatic heterocycles. The van der Waals surface area contributed by atoms with Crippen LogP contribution in [0.15, 0.2) is 36.5 Å². The number of anilines is 3. The molecule has 3 aliphatic rings. The molecule has 8 heteroatoms. The molecule has 1 aromatic carbocycles. The number of rotatable bonds is 11. The number of pyridine rings is 1. The van der Waals surface area contributed by atoms with Gasteiger partial charge in [0.2, 0.25) is 0 Å². The van der Waals surface area contributed by atoms with Gasteiger partial charge in [-0.1, -0.05) is 6.92 Å². The van der Waals surface area contributed by atoms with Crippen molar-refractivity contribution in [2.24, 2.45) is 17.6 Å². The van der Waals surface area contributed by atoms with Gasteiger partial charge in [-0.2, -0.15) is 0 Å². The average molecular weight is 470 g/mol. The Morgan fingerprint density at radius 2 is 1.85 bits per heavy atom. The van der Waals surface area contributed by atoms with Crippen molar-refractivity contribution in [3.8, 4) is 0 Å². The van der Waals surface area contributed by atoms with Gasteiger partial charge in [0, 0.05) is 62.9 Å². The molecule has 0 spiro atoms. The van der Waals surface area contributed by atoms with Crippen LogP contribution >= 0.6 is 0 Å². The van der Waals surface area contributed by atoms with Crippen LogP contribution in [-0.4, -0.2) is 50.3 Å². The highest BCUT2D eigenvalue weighted by Crippen LogP contribution is 2.41. The van der Waals surface area contributed by atoms with Crippen molar-refractivity contribution in [2.45, 2.75) is 39.7 Å². The first-order valence-electron chi connectivity index (χ1n) is 12.4. The number of benzene rings is 1. The highest BCUT2D eigenvalue weighted by molar-refractivity contribution is 5.64. The monoisotopic (exact) mass is 469 g/mol. The second-order valence-electron chi connectivity index (χ2n) is 9.47. The maximum absolute atomic E-state index is 14.3. The van der Waals surface area contributed by atoms with Crippen LogP contribution in [0.5, 0.6) is 0 Å². The first kappa shape index (κ1) is 24.1. The van der Waals surface area contributed by atoms with E-state index in [1.807, 2.05) is 12.3 Å². The Hall–Kier alpha value is -3.03. The summed E-state index contributed by atoms with van der Waals surface area (Å²) < 4.78 is 19.2. The van der Waals surface area contributed by atoms with Crippen molar-refractivity contribution >= 4 is 23.3 Å². The number of hydrogen-bond donors (Lipinski definition) is 1. The second-order valence-corrected chi connectivity index (χ2v) is 9.47. The number of nitrogens with two attached hydrogens (primary N) is 1. The Labute approximate surface area is 201 Å². The van der Waals surface area contributed by atoms with E-state index in [-0.39, 0.29) is 12.4 Å². The van der Waals surface area contributed by atoms with Crippen molar-refractivity contribution < 1.29 is 13.9 Å². The summed E-state index contributed by atoms with van der Waals surface area (Å²) >= 11 is 0. The van der Waals surface area contributed by atoms with Crippen LogP contribution in [0.3, 0.4) is 0 Å². The molecule has 3 fully saturated rings. The van der Waals surface area contributed by atoms with E-state index in [0.717, 1.165) is 69.0 Å². The lowest BCUT2D eigenvalue weighted by atomic mass is 9.71. The van der Waals surface area contributed by atoms with Crippen LogP contribution in [0.25, 0.3) is 0 Å². The molecule has 2 bridgehead atoms. The predicted molar refractivity (Wildman–Crippen MR) is 134 cm³/mol. The minimum absolute atomic E-state index is 0.0456. The normalized spacial score (nSPS) is 18.9. The number of likely N-dealkylation sites (N-methyl/N-ethyl adjacent to an activating group) is 1. The standard InChI is InChI=1S/C26H36FN5O2/c1-3-7-31(24-13-21(12-22(27)14-24)18-34-26(28)33)9-8-30(4-2)25-15-23(5-6-29-25)32-16-19-10-20(11-19)17-32/h5-6,12-15,19-20H,3-4,7-11,16-18H2,1-2H3,(H2,28,33). The molecule has 7 nitrogen and oxygen atoms in total. The number of carbonyl (C=O) groups excluding carboxylic acids is 1. The summed E-state index contributed by atoms with van der Waals surface area (Å²) in [5.74, 6) is 2.32. The Balaban J connectivity index is 1.44. The van der Waals surface area contributed by atoms with Crippen LogP contribution in [0.2, 0.25) is 0 Å². The van der Waals surface area contributed by atoms with Gasteiger partial charge in [-0.3, -0.25) is 0 Å². The van der Waals surface area contributed by atoms with Crippen molar-refractivity contribution in [3.05, 3.63) is 47.9 Å². The van der Waals surface area contributed by atoms with E-state index < -0.39 is 6.09 Å². The Morgan fingerprint density at radius 1 is 1.12 bits per heavy atom. The second kappa shape index (κ2) is 10.9. The maximum atomic E-state index is 14.3. The first-order valence-corrected chi connectivity index (χ1v) is 12.4. The summed E-state index contributed by atoms with van der Waals surface area (Å²) in [4.78, 5) is 22.6. The van der Waals surface area contributed by atoms with Crippen molar-refractivity contribution in [1.29, 1.82) is 0 Å². The van der Waals surface area contributed by atoms with Gasteiger partial charge in [-0.15, -0.1) is 0 Å². The molecular weight excluding hydrogens is 433 g/mol. The van der Waals surface area contributed by atoms with E-state index in [9.17, 15) is 9.18 Å². The number of ether oxygens (including phenoxy) is 1. The molecule has 0 radical (unpaired) electrons. The van der Waals surface area contributed by atoms with Crippen molar-refractivity contribution in [1.82, 2.24) is 4.98 Å². The summed E-state index contributed by atoms with van der Waals surface area (Å²) in [7, 11) is 0. The molecule has 2 saturated heterocycles. The number of primary amides is 1. The van der Waals surface area contributed by atoms with E-state index in [0.29, 0.717) is 5.56 Å². The van der Waals surface area contributed by atoms with Gasteiger partial charge < -0.3 is 25.2 Å². The van der Waals surface area contributed by atoms with E-state index in [4.69, 9.17) is 10.5 Å². The number of halogens is 1. The summed E-state index contributed by atoms with van der Waals surface area (Å²) in [6.07, 6.45) is 4.75. The number of piperidine rings is 2. The van der Waals surface area contributed by atoms with Crippen LogP contribution < -0.4 is 20.4 Å². The lowest BCUT2D eigenvalue weighted by Gasteiger charge is -2.48. The molecule has 5 rings (SSSR count). The Bertz CT molecular complexity index is 971. The highest BCUT2D eigenvalue weighted by Gasteiger charge is 2.37. The highest BCUT2D eigenvalue weighted by atomic mass is 19.1. The molecule has 2 aromatic rings. The van der Waals surface area contributed by atoms with Gasteiger partial charge in [0.1, 0.15) is 18.2 Å². The lowest BCUT2D eigenvalue weighted by Crippen LogP contribution is -2.48. The molecule has 0 unspecified atom stereocenters. The molecule has 3 heterocycles. The Morgan fingerprint density at radius 3 is 2.53 bits per heavy atom. The minimum Gasteiger partial charge on any atom is -0.445 e. The fourth-order valence-corrected chi connectivity index (χ4v) is 5.23. The summed E-state index contributed by atoms with van der Waals surface area (Å²) in [6, 6.07) is 9.08. The summed E-state index contributed by atoms with van der Waals surface area (Å²) in [5.41, 5.74) is 7.67. The van der Waals surface area contributed by atoms with Gasteiger partial charge in [-0.05, 0) is 67.9 Å². The number of carbonyl (C=O) groups is 1. The first-order chi connectivity index (χ1) is 16.4. The van der Waals surface area contributed by atoms with Crippen molar-refractivity contribution in [3.63, 3.8) is 0 Å². The molecule has 1 aromatic heterocycles. The molecule has 34 heavy (non-hydrogen) atoms. The molecule has 1 saturated carbocycles. The fraction of sp³-hybridized carbons (Fsp3) is 0.538. The minimum atomic E-state index is -0.869. The van der Waals surface area contributed by atoms with Gasteiger partial charge in [0.25, 0.3) is 0 Å². The molecule has 0 atom stereocenters. The van der Waals surface area contributed by atoms with E-state index in [1.165, 1.54) is 30.7 Å². The van der Waals surface area contributed by atoms with Gasteiger partial charge in [0.05, 0.1) is 0 Å². The van der Waals surface area contributed by atoms with Crippen LogP contribution in [0.1, 0.15) is 38.7 Å². The van der Waals surface area contributed by atoms with Gasteiger partial charge >= 0.3 is 6.09 Å². The van der Waals surface area contributed by atoms with Gasteiger partial charge in [0.15, 0.2) is 0 Å². The number of amides is 1. The number of fused-ring (bicyclic) bond motifs is 2. The SMILES string of the molecule is CCCN(CCN(CC)c1cc(N2CC3CC(C3)C2)ccn1)c1cc(F)cc(COC(N)=O)c1. The quantitative estimate of drug-likeness (QED) is 0.526. The lowest BCUT2D eigenvalue weighted by molar-refractivity contribution is 0.150. The topological polar surface area (TPSA) is 74.9 Å². The summed E-state index contributed by atoms with van der Waals surface area (Å²) in [5, 5.41) is 0. The zero-order chi connectivity index (χ0) is 24.1. The number of nitrogens with zero attached hydrogens (tertiary/aromatic N) is 4. The Kier molecular flexibility index (Phi) is 7.75. The third kappa shape index (κ3) is 5.90. The van der Waals surface area contributed by atoms with Crippen LogP contribution in [-0.2, 0) is 11.3 Å². The number of aromatic nitrogens is 1. The van der Waals surface area contributed by atoms with Crippen LogP contribution in [0, 0.1) is 17.7 Å². The third-order valence-electron chi connectivity index (χ3n) is 6.91. The van der Waals surface area contributed by atoms with Gasteiger partial charge in [-0.25, -0.2) is 14.2 Å². The number of hydrogen-bond acceptors (Lipinski definition) is 6.